The minimum Gasteiger partial charge on any atom is -0.344 e. The molecule has 1 unspecified atom stereocenters. The van der Waals surface area contributed by atoms with Gasteiger partial charge >= 0.3 is 0 Å². The fraction of sp³-hybridized carbons (Fsp3) is 0.154. The molecule has 0 fully saturated rings. The molecule has 1 aromatic heterocycles. The largest absolute Gasteiger partial charge is 0.344 e. The Bertz CT molecular complexity index is 634. The molecule has 0 spiro atoms. The molecule has 0 radical (unpaired) electrons. The maximum absolute atomic E-state index is 13.1. The van der Waals surface area contributed by atoms with Crippen LogP contribution in [-0.2, 0) is 0 Å². The van der Waals surface area contributed by atoms with Gasteiger partial charge in [-0.2, -0.15) is 0 Å². The summed E-state index contributed by atoms with van der Waals surface area (Å²) in [4.78, 5) is 11.9. The number of benzene rings is 1. The zero-order valence-corrected chi connectivity index (χ0v) is 11.2. The first-order valence-electron chi connectivity index (χ1n) is 5.72. The summed E-state index contributed by atoms with van der Waals surface area (Å²) >= 11 is 5.57. The molecular formula is C13H10ClF2N3O. The van der Waals surface area contributed by atoms with Crippen LogP contribution in [0, 0.1) is 11.6 Å². The minimum atomic E-state index is -0.963. The predicted octanol–water partition coefficient (Wildman–Crippen LogP) is 2.90. The molecular weight excluding hydrogens is 288 g/mol. The average Bonchev–Trinajstić information content (AvgIpc) is 2.42. The van der Waals surface area contributed by atoms with E-state index in [-0.39, 0.29) is 10.8 Å². The lowest BCUT2D eigenvalue weighted by molar-refractivity contribution is 0.0933. The zero-order valence-electron chi connectivity index (χ0n) is 10.4. The summed E-state index contributed by atoms with van der Waals surface area (Å²) in [5.74, 6) is -2.38. The molecule has 2 aromatic rings. The van der Waals surface area contributed by atoms with E-state index in [9.17, 15) is 13.6 Å². The molecule has 1 N–H and O–H groups in total. The Labute approximate surface area is 118 Å². The molecule has 1 atom stereocenters. The molecule has 0 aliphatic rings. The Balaban J connectivity index is 2.10. The maximum atomic E-state index is 13.1. The summed E-state index contributed by atoms with van der Waals surface area (Å²) in [6.07, 6.45) is 0. The van der Waals surface area contributed by atoms with Gasteiger partial charge in [0.05, 0.1) is 6.04 Å². The van der Waals surface area contributed by atoms with Crippen LogP contribution in [0.1, 0.15) is 29.0 Å². The number of hydrogen-bond donors (Lipinski definition) is 1. The second-order valence-corrected chi connectivity index (χ2v) is 4.50. The SMILES string of the molecule is CC(NC(=O)c1ccc(Cl)nn1)c1ccc(F)c(F)c1. The first-order valence-corrected chi connectivity index (χ1v) is 6.10. The van der Waals surface area contributed by atoms with Crippen molar-refractivity contribution in [2.24, 2.45) is 0 Å². The van der Waals surface area contributed by atoms with Crippen LogP contribution in [0.4, 0.5) is 8.78 Å². The van der Waals surface area contributed by atoms with E-state index in [0.717, 1.165) is 12.1 Å². The molecule has 0 saturated heterocycles. The molecule has 1 amide bonds. The Morgan fingerprint density at radius 3 is 2.55 bits per heavy atom. The summed E-state index contributed by atoms with van der Waals surface area (Å²) < 4.78 is 26.0. The number of carbonyl (C=O) groups excluding carboxylic acids is 1. The van der Waals surface area contributed by atoms with Gasteiger partial charge in [0.2, 0.25) is 0 Å². The molecule has 20 heavy (non-hydrogen) atoms. The molecule has 0 bridgehead atoms. The van der Waals surface area contributed by atoms with Crippen LogP contribution in [0.5, 0.6) is 0 Å². The van der Waals surface area contributed by atoms with Crippen LogP contribution in [0.25, 0.3) is 0 Å². The van der Waals surface area contributed by atoms with Crippen molar-refractivity contribution in [3.63, 3.8) is 0 Å². The van der Waals surface area contributed by atoms with Gasteiger partial charge < -0.3 is 5.32 Å². The maximum Gasteiger partial charge on any atom is 0.272 e. The summed E-state index contributed by atoms with van der Waals surface area (Å²) in [5.41, 5.74) is 0.531. The van der Waals surface area contributed by atoms with E-state index in [2.05, 4.69) is 15.5 Å². The predicted molar refractivity (Wildman–Crippen MR) is 69.3 cm³/mol. The number of hydrogen-bond acceptors (Lipinski definition) is 3. The van der Waals surface area contributed by atoms with Crippen LogP contribution in [0.15, 0.2) is 30.3 Å². The Morgan fingerprint density at radius 2 is 1.95 bits per heavy atom. The molecule has 2 rings (SSSR count). The quantitative estimate of drug-likeness (QED) is 0.948. The summed E-state index contributed by atoms with van der Waals surface area (Å²) in [6.45, 7) is 1.65. The van der Waals surface area contributed by atoms with Crippen molar-refractivity contribution in [2.45, 2.75) is 13.0 Å². The van der Waals surface area contributed by atoms with E-state index in [1.54, 1.807) is 6.92 Å². The number of nitrogens with one attached hydrogen (secondary N) is 1. The van der Waals surface area contributed by atoms with Crippen molar-refractivity contribution in [2.75, 3.05) is 0 Å². The van der Waals surface area contributed by atoms with Crippen molar-refractivity contribution in [3.8, 4) is 0 Å². The minimum absolute atomic E-state index is 0.0869. The number of halogens is 3. The molecule has 7 heteroatoms. The van der Waals surface area contributed by atoms with Gasteiger partial charge in [-0.15, -0.1) is 10.2 Å². The van der Waals surface area contributed by atoms with Gasteiger partial charge in [0.1, 0.15) is 0 Å². The third-order valence-corrected chi connectivity index (χ3v) is 2.86. The lowest BCUT2D eigenvalue weighted by atomic mass is 10.1. The fourth-order valence-corrected chi connectivity index (χ4v) is 1.67. The zero-order chi connectivity index (χ0) is 14.7. The Morgan fingerprint density at radius 1 is 1.20 bits per heavy atom. The first-order chi connectivity index (χ1) is 9.47. The standard InChI is InChI=1S/C13H10ClF2N3O/c1-7(8-2-3-9(15)10(16)6-8)17-13(20)11-4-5-12(14)19-18-11/h2-7H,1H3,(H,17,20). The molecule has 0 aliphatic heterocycles. The van der Waals surface area contributed by atoms with Gasteiger partial charge in [-0.3, -0.25) is 4.79 Å². The highest BCUT2D eigenvalue weighted by Crippen LogP contribution is 2.16. The van der Waals surface area contributed by atoms with Gasteiger partial charge in [0, 0.05) is 0 Å². The van der Waals surface area contributed by atoms with Crippen molar-refractivity contribution >= 4 is 17.5 Å². The fourth-order valence-electron chi connectivity index (χ4n) is 1.57. The van der Waals surface area contributed by atoms with E-state index in [1.807, 2.05) is 0 Å². The number of aromatic nitrogens is 2. The highest BCUT2D eigenvalue weighted by atomic mass is 35.5. The van der Waals surface area contributed by atoms with Gasteiger partial charge in [0.15, 0.2) is 22.5 Å². The highest BCUT2D eigenvalue weighted by molar-refractivity contribution is 6.29. The van der Waals surface area contributed by atoms with Gasteiger partial charge in [-0.05, 0) is 36.8 Å². The molecule has 4 nitrogen and oxygen atoms in total. The van der Waals surface area contributed by atoms with Crippen LogP contribution in [-0.4, -0.2) is 16.1 Å². The van der Waals surface area contributed by atoms with E-state index < -0.39 is 23.6 Å². The monoisotopic (exact) mass is 297 g/mol. The number of amides is 1. The van der Waals surface area contributed by atoms with Crippen molar-refractivity contribution in [1.82, 2.24) is 15.5 Å². The normalized spacial score (nSPS) is 12.0. The van der Waals surface area contributed by atoms with E-state index in [0.29, 0.717) is 5.56 Å². The lowest BCUT2D eigenvalue weighted by Crippen LogP contribution is -2.27. The first kappa shape index (κ1) is 14.3. The molecule has 0 aliphatic carbocycles. The average molecular weight is 298 g/mol. The number of rotatable bonds is 3. The molecule has 104 valence electrons. The third-order valence-electron chi connectivity index (χ3n) is 2.66. The smallest absolute Gasteiger partial charge is 0.272 e. The van der Waals surface area contributed by atoms with Crippen LogP contribution in [0.3, 0.4) is 0 Å². The van der Waals surface area contributed by atoms with E-state index in [1.165, 1.54) is 18.2 Å². The van der Waals surface area contributed by atoms with Gasteiger partial charge in [-0.1, -0.05) is 17.7 Å². The second kappa shape index (κ2) is 5.92. The highest BCUT2D eigenvalue weighted by Gasteiger charge is 2.14. The Hall–Kier alpha value is -2.08. The lowest BCUT2D eigenvalue weighted by Gasteiger charge is -2.14. The molecule has 1 aromatic carbocycles. The number of carbonyl (C=O) groups is 1. The summed E-state index contributed by atoms with van der Waals surface area (Å²) in [5, 5.41) is 9.96. The van der Waals surface area contributed by atoms with Crippen molar-refractivity contribution in [3.05, 3.63) is 58.4 Å². The summed E-state index contributed by atoms with van der Waals surface area (Å²) in [6, 6.07) is 5.80. The van der Waals surface area contributed by atoms with E-state index >= 15 is 0 Å². The van der Waals surface area contributed by atoms with Gasteiger partial charge in [-0.25, -0.2) is 8.78 Å². The number of nitrogens with zero attached hydrogens (tertiary/aromatic N) is 2. The van der Waals surface area contributed by atoms with Crippen molar-refractivity contribution < 1.29 is 13.6 Å². The Kier molecular flexibility index (Phi) is 4.24. The van der Waals surface area contributed by atoms with Crippen LogP contribution < -0.4 is 5.32 Å². The summed E-state index contributed by atoms with van der Waals surface area (Å²) in [7, 11) is 0. The van der Waals surface area contributed by atoms with Crippen molar-refractivity contribution in [1.29, 1.82) is 0 Å². The van der Waals surface area contributed by atoms with E-state index in [4.69, 9.17) is 11.6 Å². The third kappa shape index (κ3) is 3.27. The van der Waals surface area contributed by atoms with Crippen LogP contribution in [0.2, 0.25) is 5.15 Å². The van der Waals surface area contributed by atoms with Gasteiger partial charge in [0.25, 0.3) is 5.91 Å². The molecule has 0 saturated carbocycles. The topological polar surface area (TPSA) is 54.9 Å². The van der Waals surface area contributed by atoms with Crippen LogP contribution >= 0.6 is 11.6 Å². The molecule has 1 heterocycles. The second-order valence-electron chi connectivity index (χ2n) is 4.11.